The molecule has 2 aliphatic heterocycles. The highest BCUT2D eigenvalue weighted by Gasteiger charge is 2.13. The van der Waals surface area contributed by atoms with Crippen molar-refractivity contribution in [1.29, 1.82) is 0 Å². The van der Waals surface area contributed by atoms with Gasteiger partial charge in [0.15, 0.2) is 0 Å². The molecule has 4 aromatic rings. The summed E-state index contributed by atoms with van der Waals surface area (Å²) in [6.45, 7) is 14.5. The number of benzene rings is 4. The lowest BCUT2D eigenvalue weighted by Gasteiger charge is -2.23. The third kappa shape index (κ3) is 12.6. The van der Waals surface area contributed by atoms with Crippen LogP contribution in [0.2, 0.25) is 0 Å². The highest BCUT2D eigenvalue weighted by atomic mass is 16.6. The Morgan fingerprint density at radius 1 is 0.346 bits per heavy atom. The second-order valence-corrected chi connectivity index (χ2v) is 13.2. The number of hydrogen-bond acceptors (Lipinski definition) is 10. The van der Waals surface area contributed by atoms with E-state index in [1.165, 1.54) is 43.8 Å². The van der Waals surface area contributed by atoms with Crippen LogP contribution in [0.15, 0.2) is 72.8 Å². The van der Waals surface area contributed by atoms with Crippen LogP contribution >= 0.6 is 0 Å². The molecule has 4 aromatic carbocycles. The van der Waals surface area contributed by atoms with Gasteiger partial charge in [-0.25, -0.2) is 0 Å². The molecule has 2 aliphatic rings. The van der Waals surface area contributed by atoms with Crippen LogP contribution in [0.1, 0.15) is 11.1 Å². The van der Waals surface area contributed by atoms with Gasteiger partial charge >= 0.3 is 0 Å². The minimum Gasteiger partial charge on any atom is -0.378 e. The summed E-state index contributed by atoms with van der Waals surface area (Å²) in [4.78, 5) is 4.84. The second-order valence-electron chi connectivity index (χ2n) is 13.2. The molecule has 0 saturated carbocycles. The first kappa shape index (κ1) is 38.7. The van der Waals surface area contributed by atoms with Gasteiger partial charge in [0.25, 0.3) is 0 Å². The predicted molar refractivity (Wildman–Crippen MR) is 204 cm³/mol. The Bertz CT molecular complexity index is 1470. The van der Waals surface area contributed by atoms with Crippen molar-refractivity contribution >= 4 is 21.5 Å². The van der Waals surface area contributed by atoms with Crippen molar-refractivity contribution < 1.29 is 37.9 Å². The van der Waals surface area contributed by atoms with Crippen molar-refractivity contribution in [3.8, 4) is 11.1 Å². The van der Waals surface area contributed by atoms with Crippen LogP contribution in [-0.4, -0.2) is 142 Å². The van der Waals surface area contributed by atoms with E-state index in [2.05, 4.69) is 82.6 Å². The van der Waals surface area contributed by atoms with Crippen LogP contribution in [0.4, 0.5) is 0 Å². The van der Waals surface area contributed by atoms with Gasteiger partial charge in [0.2, 0.25) is 0 Å². The van der Waals surface area contributed by atoms with Gasteiger partial charge in [0.05, 0.1) is 106 Å². The van der Waals surface area contributed by atoms with Crippen LogP contribution in [0.25, 0.3) is 32.7 Å². The van der Waals surface area contributed by atoms with Gasteiger partial charge in [0, 0.05) is 39.3 Å². The maximum atomic E-state index is 5.91. The monoisotopic (exact) mass is 716 g/mol. The van der Waals surface area contributed by atoms with Crippen molar-refractivity contribution in [2.75, 3.05) is 132 Å². The number of rotatable bonds is 5. The smallest absolute Gasteiger partial charge is 0.0701 e. The molecule has 0 spiro atoms. The first-order chi connectivity index (χ1) is 25.8. The molecule has 0 atom stereocenters. The molecule has 2 saturated heterocycles. The third-order valence-electron chi connectivity index (χ3n) is 9.51. The summed E-state index contributed by atoms with van der Waals surface area (Å²) in [5, 5.41) is 5.01. The highest BCUT2D eigenvalue weighted by molar-refractivity contribution is 5.93. The Kier molecular flexibility index (Phi) is 16.6. The highest BCUT2D eigenvalue weighted by Crippen LogP contribution is 2.31. The Labute approximate surface area is 308 Å². The molecular weight excluding hydrogens is 660 g/mol. The van der Waals surface area contributed by atoms with E-state index in [9.17, 15) is 0 Å². The topological polar surface area (TPSA) is 80.3 Å². The van der Waals surface area contributed by atoms with Crippen LogP contribution < -0.4 is 0 Å². The van der Waals surface area contributed by atoms with E-state index < -0.39 is 0 Å². The number of hydrogen-bond donors (Lipinski definition) is 0. The van der Waals surface area contributed by atoms with Crippen LogP contribution in [0.5, 0.6) is 0 Å². The molecule has 2 fully saturated rings. The number of ether oxygens (including phenoxy) is 8. The summed E-state index contributed by atoms with van der Waals surface area (Å²) in [6.07, 6.45) is 0. The summed E-state index contributed by atoms with van der Waals surface area (Å²) in [6, 6.07) is 26.9. The van der Waals surface area contributed by atoms with Gasteiger partial charge in [-0.1, -0.05) is 60.7 Å². The number of nitrogens with zero attached hydrogens (tertiary/aromatic N) is 2. The molecule has 0 radical (unpaired) electrons. The zero-order valence-electron chi connectivity index (χ0n) is 30.6. The van der Waals surface area contributed by atoms with Gasteiger partial charge in [-0.3, -0.25) is 9.80 Å². The quantitative estimate of drug-likeness (QED) is 0.267. The van der Waals surface area contributed by atoms with E-state index in [-0.39, 0.29) is 0 Å². The Hall–Kier alpha value is -3.00. The maximum Gasteiger partial charge on any atom is 0.0701 e. The van der Waals surface area contributed by atoms with Crippen molar-refractivity contribution in [3.63, 3.8) is 0 Å². The van der Waals surface area contributed by atoms with Gasteiger partial charge in [-0.15, -0.1) is 0 Å². The average molecular weight is 717 g/mol. The maximum absolute atomic E-state index is 5.91. The Morgan fingerprint density at radius 2 is 0.654 bits per heavy atom. The largest absolute Gasteiger partial charge is 0.378 e. The fraction of sp³-hybridized carbons (Fsp3) is 0.524. The lowest BCUT2D eigenvalue weighted by molar-refractivity contribution is 0.00206. The molecule has 0 N–H and O–H groups in total. The summed E-state index contributed by atoms with van der Waals surface area (Å²) < 4.78 is 46.0. The lowest BCUT2D eigenvalue weighted by atomic mass is 9.95. The fourth-order valence-electron chi connectivity index (χ4n) is 6.63. The summed E-state index contributed by atoms with van der Waals surface area (Å²) in [7, 11) is 0. The number of fused-ring (bicyclic) bond motifs is 2. The van der Waals surface area contributed by atoms with Gasteiger partial charge in [0.1, 0.15) is 0 Å². The molecular formula is C42H56N2O8. The van der Waals surface area contributed by atoms with E-state index >= 15 is 0 Å². The molecule has 0 bridgehead atoms. The SMILES string of the molecule is c1cc(CN2CCOCCOCCOCCOCC2)c2cc(-c3ccc4cccc(CN5CCOCCOCCOCCOCC5)c4c3)ccc2c1. The van der Waals surface area contributed by atoms with Gasteiger partial charge in [-0.2, -0.15) is 0 Å². The van der Waals surface area contributed by atoms with Gasteiger partial charge < -0.3 is 37.9 Å². The molecule has 0 unspecified atom stereocenters. The molecule has 52 heavy (non-hydrogen) atoms. The molecule has 0 aliphatic carbocycles. The molecule has 0 aromatic heterocycles. The van der Waals surface area contributed by atoms with Crippen molar-refractivity contribution in [2.24, 2.45) is 0 Å². The minimum atomic E-state index is 0.580. The van der Waals surface area contributed by atoms with E-state index in [0.717, 1.165) is 39.3 Å². The average Bonchev–Trinajstić information content (AvgIpc) is 3.19. The van der Waals surface area contributed by atoms with Crippen molar-refractivity contribution in [2.45, 2.75) is 13.1 Å². The van der Waals surface area contributed by atoms with E-state index in [1.54, 1.807) is 0 Å². The third-order valence-corrected chi connectivity index (χ3v) is 9.51. The first-order valence-corrected chi connectivity index (χ1v) is 18.9. The van der Waals surface area contributed by atoms with Crippen LogP contribution in [0, 0.1) is 0 Å². The van der Waals surface area contributed by atoms with Crippen LogP contribution in [0.3, 0.4) is 0 Å². The van der Waals surface area contributed by atoms with E-state index in [1.807, 2.05) is 0 Å². The summed E-state index contributed by atoms with van der Waals surface area (Å²) in [5.41, 5.74) is 5.01. The summed E-state index contributed by atoms with van der Waals surface area (Å²) in [5.74, 6) is 0. The molecule has 10 nitrogen and oxygen atoms in total. The Morgan fingerprint density at radius 3 is 0.981 bits per heavy atom. The fourth-order valence-corrected chi connectivity index (χ4v) is 6.63. The normalized spacial score (nSPS) is 20.1. The zero-order valence-corrected chi connectivity index (χ0v) is 30.6. The molecule has 6 rings (SSSR count). The van der Waals surface area contributed by atoms with Crippen molar-refractivity contribution in [3.05, 3.63) is 83.9 Å². The molecule has 2 heterocycles. The molecule has 10 heteroatoms. The van der Waals surface area contributed by atoms with Crippen LogP contribution in [-0.2, 0) is 51.0 Å². The molecule has 0 amide bonds. The minimum absolute atomic E-state index is 0.580. The first-order valence-electron chi connectivity index (χ1n) is 18.9. The summed E-state index contributed by atoms with van der Waals surface area (Å²) >= 11 is 0. The van der Waals surface area contributed by atoms with Gasteiger partial charge in [-0.05, 0) is 55.9 Å². The molecule has 282 valence electrons. The Balaban J connectivity index is 1.18. The van der Waals surface area contributed by atoms with Crippen molar-refractivity contribution in [1.82, 2.24) is 9.80 Å². The zero-order chi connectivity index (χ0) is 35.5. The predicted octanol–water partition coefficient (Wildman–Crippen LogP) is 5.42. The van der Waals surface area contributed by atoms with E-state index in [4.69, 9.17) is 37.9 Å². The lowest BCUT2D eigenvalue weighted by Crippen LogP contribution is -2.31. The standard InChI is InChI=1S/C42H56N2O8/c1-3-35-7-9-37(31-41(35)39(5-1)33-43-11-15-45-19-23-49-27-28-50-24-20-46-16-12-43)38-10-8-36-4-2-6-40(42(36)32-38)34-44-13-17-47-21-25-51-29-30-52-26-22-48-18-14-44/h1-10,31-32H,11-30,33-34H2. The van der Waals surface area contributed by atoms with E-state index in [0.29, 0.717) is 106 Å². The second kappa shape index (κ2) is 22.3.